The predicted molar refractivity (Wildman–Crippen MR) is 154 cm³/mol. The zero-order valence-corrected chi connectivity index (χ0v) is 20.5. The minimum Gasteiger partial charge on any atom is -0.457 e. The molecule has 180 valence electrons. The van der Waals surface area contributed by atoms with Crippen LogP contribution in [0, 0.1) is 0 Å². The molecule has 0 radical (unpaired) electrons. The molecule has 0 bridgehead atoms. The number of hydrogen-bond acceptors (Lipinski definition) is 3. The zero-order valence-electron chi connectivity index (χ0n) is 20.5. The third-order valence-electron chi connectivity index (χ3n) is 6.76. The highest BCUT2D eigenvalue weighted by molar-refractivity contribution is 6.09. The summed E-state index contributed by atoms with van der Waals surface area (Å²) in [6.45, 7) is 0. The predicted octanol–water partition coefficient (Wildman–Crippen LogP) is 8.70. The topological polar surface area (TPSA) is 39.9 Å². The van der Waals surface area contributed by atoms with Crippen molar-refractivity contribution in [2.45, 2.75) is 0 Å². The van der Waals surface area contributed by atoms with Gasteiger partial charge in [-0.05, 0) is 60.2 Å². The summed E-state index contributed by atoms with van der Waals surface area (Å²) in [5.74, 6) is 2.39. The third kappa shape index (κ3) is 3.98. The van der Waals surface area contributed by atoms with E-state index in [1.165, 1.54) is 5.39 Å². The molecule has 7 aromatic rings. The van der Waals surface area contributed by atoms with E-state index in [2.05, 4.69) is 70.2 Å². The molecule has 38 heavy (non-hydrogen) atoms. The molecule has 0 aliphatic carbocycles. The van der Waals surface area contributed by atoms with Crippen LogP contribution in [0.3, 0.4) is 0 Å². The van der Waals surface area contributed by atoms with E-state index in [0.29, 0.717) is 0 Å². The van der Waals surface area contributed by atoms with Crippen LogP contribution in [0.1, 0.15) is 0 Å². The van der Waals surface area contributed by atoms with Crippen molar-refractivity contribution in [2.75, 3.05) is 0 Å². The maximum atomic E-state index is 6.35. The quantitative estimate of drug-likeness (QED) is 0.243. The Morgan fingerprint density at radius 1 is 0.500 bits per heavy atom. The van der Waals surface area contributed by atoms with E-state index >= 15 is 0 Å². The van der Waals surface area contributed by atoms with E-state index < -0.39 is 0 Å². The van der Waals surface area contributed by atoms with Crippen molar-refractivity contribution in [1.82, 2.24) is 14.5 Å². The van der Waals surface area contributed by atoms with Gasteiger partial charge in [0.25, 0.3) is 0 Å². The molecule has 0 saturated heterocycles. The van der Waals surface area contributed by atoms with Gasteiger partial charge in [0.1, 0.15) is 17.3 Å². The summed E-state index contributed by atoms with van der Waals surface area (Å²) in [7, 11) is 0. The standard InChI is InChI=1S/C34H23N3O/c1-2-9-24(10-3-1)26-16-19-34(36-23-26)37-32-15-5-4-13-29(32)30-18-17-28(22-33(30)37)38-27-12-8-11-25(21-27)31-14-6-7-20-35-31/h1-23H. The van der Waals surface area contributed by atoms with Crippen LogP contribution in [0.5, 0.6) is 11.5 Å². The first-order valence-corrected chi connectivity index (χ1v) is 12.6. The van der Waals surface area contributed by atoms with Crippen LogP contribution in [0.2, 0.25) is 0 Å². The van der Waals surface area contributed by atoms with E-state index in [-0.39, 0.29) is 0 Å². The second kappa shape index (κ2) is 9.34. The molecular weight excluding hydrogens is 466 g/mol. The lowest BCUT2D eigenvalue weighted by Gasteiger charge is -2.10. The van der Waals surface area contributed by atoms with Crippen LogP contribution in [0.25, 0.3) is 50.0 Å². The Bertz CT molecular complexity index is 1880. The fourth-order valence-electron chi connectivity index (χ4n) is 4.97. The summed E-state index contributed by atoms with van der Waals surface area (Å²) in [5.41, 5.74) is 6.32. The molecule has 0 atom stereocenters. The van der Waals surface area contributed by atoms with Crippen molar-refractivity contribution in [3.63, 3.8) is 0 Å². The van der Waals surface area contributed by atoms with Gasteiger partial charge in [-0.3, -0.25) is 9.55 Å². The number of fused-ring (bicyclic) bond motifs is 3. The van der Waals surface area contributed by atoms with Crippen molar-refractivity contribution in [1.29, 1.82) is 0 Å². The first-order chi connectivity index (χ1) is 18.8. The number of aromatic nitrogens is 3. The fourth-order valence-corrected chi connectivity index (χ4v) is 4.97. The highest BCUT2D eigenvalue weighted by Crippen LogP contribution is 2.35. The zero-order chi connectivity index (χ0) is 25.3. The molecule has 3 aromatic heterocycles. The highest BCUT2D eigenvalue weighted by Gasteiger charge is 2.14. The molecule has 0 unspecified atom stereocenters. The second-order valence-corrected chi connectivity index (χ2v) is 9.15. The molecular formula is C34H23N3O. The molecule has 3 heterocycles. The van der Waals surface area contributed by atoms with Crippen LogP contribution in [0.15, 0.2) is 140 Å². The third-order valence-corrected chi connectivity index (χ3v) is 6.76. The largest absolute Gasteiger partial charge is 0.457 e. The van der Waals surface area contributed by atoms with Crippen molar-refractivity contribution >= 4 is 21.8 Å². The Hall–Kier alpha value is -5.22. The lowest BCUT2D eigenvalue weighted by Crippen LogP contribution is -1.97. The minimum absolute atomic E-state index is 0.764. The summed E-state index contributed by atoms with van der Waals surface area (Å²) in [5, 5.41) is 2.34. The fraction of sp³-hybridized carbons (Fsp3) is 0. The molecule has 4 aromatic carbocycles. The Morgan fingerprint density at radius 2 is 1.29 bits per heavy atom. The summed E-state index contributed by atoms with van der Waals surface area (Å²) >= 11 is 0. The highest BCUT2D eigenvalue weighted by atomic mass is 16.5. The lowest BCUT2D eigenvalue weighted by atomic mass is 10.1. The summed E-state index contributed by atoms with van der Waals surface area (Å²) < 4.78 is 8.56. The van der Waals surface area contributed by atoms with Crippen molar-refractivity contribution in [3.05, 3.63) is 140 Å². The Kier molecular flexibility index (Phi) is 5.41. The van der Waals surface area contributed by atoms with Gasteiger partial charge in [0.2, 0.25) is 0 Å². The SMILES string of the molecule is c1ccc(-c2ccc(-n3c4ccccc4c4ccc(Oc5cccc(-c6ccccn6)c5)cc43)nc2)cc1. The van der Waals surface area contributed by atoms with Crippen LogP contribution < -0.4 is 4.74 Å². The van der Waals surface area contributed by atoms with E-state index in [9.17, 15) is 0 Å². The monoisotopic (exact) mass is 489 g/mol. The van der Waals surface area contributed by atoms with Crippen molar-refractivity contribution < 1.29 is 4.74 Å². The van der Waals surface area contributed by atoms with Crippen LogP contribution in [-0.2, 0) is 0 Å². The number of hydrogen-bond donors (Lipinski definition) is 0. The van der Waals surface area contributed by atoms with Crippen molar-refractivity contribution in [2.24, 2.45) is 0 Å². The smallest absolute Gasteiger partial charge is 0.137 e. The maximum Gasteiger partial charge on any atom is 0.137 e. The molecule has 0 amide bonds. The van der Waals surface area contributed by atoms with Crippen LogP contribution >= 0.6 is 0 Å². The van der Waals surface area contributed by atoms with E-state index in [1.807, 2.05) is 72.9 Å². The van der Waals surface area contributed by atoms with E-state index in [1.54, 1.807) is 6.20 Å². The second-order valence-electron chi connectivity index (χ2n) is 9.15. The summed E-state index contributed by atoms with van der Waals surface area (Å²) in [6.07, 6.45) is 3.74. The number of pyridine rings is 2. The Labute approximate surface area is 220 Å². The average molecular weight is 490 g/mol. The molecule has 0 fully saturated rings. The number of ether oxygens (including phenoxy) is 1. The van der Waals surface area contributed by atoms with Gasteiger partial charge >= 0.3 is 0 Å². The van der Waals surface area contributed by atoms with Gasteiger partial charge in [-0.25, -0.2) is 4.98 Å². The maximum absolute atomic E-state index is 6.35. The van der Waals surface area contributed by atoms with Gasteiger partial charge in [-0.2, -0.15) is 0 Å². The van der Waals surface area contributed by atoms with E-state index in [0.717, 1.165) is 56.1 Å². The van der Waals surface area contributed by atoms with Gasteiger partial charge in [-0.1, -0.05) is 66.7 Å². The summed E-state index contributed by atoms with van der Waals surface area (Å²) in [6, 6.07) is 43.1. The molecule has 7 rings (SSSR count). The van der Waals surface area contributed by atoms with Crippen LogP contribution in [-0.4, -0.2) is 14.5 Å². The molecule has 0 spiro atoms. The van der Waals surface area contributed by atoms with Crippen molar-refractivity contribution in [3.8, 4) is 39.7 Å². The van der Waals surface area contributed by atoms with E-state index in [4.69, 9.17) is 9.72 Å². The number of rotatable bonds is 5. The minimum atomic E-state index is 0.764. The molecule has 0 aliphatic rings. The molecule has 4 heteroatoms. The van der Waals surface area contributed by atoms with Gasteiger partial charge in [0.05, 0.1) is 16.7 Å². The Balaban J connectivity index is 1.31. The number of nitrogens with zero attached hydrogens (tertiary/aromatic N) is 3. The number of para-hydroxylation sites is 1. The first-order valence-electron chi connectivity index (χ1n) is 12.6. The average Bonchev–Trinajstić information content (AvgIpc) is 3.32. The van der Waals surface area contributed by atoms with Gasteiger partial charge in [-0.15, -0.1) is 0 Å². The first kappa shape index (κ1) is 22.0. The number of benzene rings is 4. The normalized spacial score (nSPS) is 11.2. The van der Waals surface area contributed by atoms with Crippen LogP contribution in [0.4, 0.5) is 0 Å². The molecule has 0 aliphatic heterocycles. The van der Waals surface area contributed by atoms with Gasteiger partial charge < -0.3 is 4.74 Å². The lowest BCUT2D eigenvalue weighted by molar-refractivity contribution is 0.483. The molecule has 0 N–H and O–H groups in total. The Morgan fingerprint density at radius 3 is 2.13 bits per heavy atom. The van der Waals surface area contributed by atoms with Gasteiger partial charge in [0, 0.05) is 40.4 Å². The van der Waals surface area contributed by atoms with Gasteiger partial charge in [0.15, 0.2) is 0 Å². The molecule has 4 nitrogen and oxygen atoms in total. The summed E-state index contributed by atoms with van der Waals surface area (Å²) in [4.78, 5) is 9.34. The molecule has 0 saturated carbocycles.